The molecule has 1 atom stereocenters. The van der Waals surface area contributed by atoms with Gasteiger partial charge < -0.3 is 10.0 Å². The molecule has 0 saturated heterocycles. The summed E-state index contributed by atoms with van der Waals surface area (Å²) in [6, 6.07) is 13.6. The van der Waals surface area contributed by atoms with Crippen LogP contribution in [0, 0.1) is 26.6 Å². The molecular weight excluding hydrogens is 465 g/mol. The fourth-order valence-corrected chi connectivity index (χ4v) is 5.56. The van der Waals surface area contributed by atoms with Gasteiger partial charge >= 0.3 is 5.97 Å². The van der Waals surface area contributed by atoms with Gasteiger partial charge in [0.1, 0.15) is 22.7 Å². The zero-order valence-corrected chi connectivity index (χ0v) is 20.6. The summed E-state index contributed by atoms with van der Waals surface area (Å²) in [5, 5.41) is 19.1. The number of thiophene rings is 1. The number of aromatic nitrogens is 3. The summed E-state index contributed by atoms with van der Waals surface area (Å²) >= 11 is 1.63. The molecule has 4 aromatic rings. The molecule has 0 fully saturated rings. The summed E-state index contributed by atoms with van der Waals surface area (Å²) in [6.07, 6.45) is -0.181. The molecule has 0 unspecified atom stereocenters. The summed E-state index contributed by atoms with van der Waals surface area (Å²) in [4.78, 5) is 19.8. The zero-order chi connectivity index (χ0) is 24.9. The minimum absolute atomic E-state index is 0.181. The van der Waals surface area contributed by atoms with Crippen molar-refractivity contribution in [2.24, 2.45) is 4.99 Å². The highest BCUT2D eigenvalue weighted by Gasteiger charge is 2.32. The van der Waals surface area contributed by atoms with Crippen molar-refractivity contribution in [3.63, 3.8) is 0 Å². The maximum Gasteiger partial charge on any atom is 0.306 e. The number of carboxylic acids is 1. The fraction of sp³-hybridized carbons (Fsp3) is 0.231. The number of anilines is 2. The van der Waals surface area contributed by atoms with Gasteiger partial charge in [-0.3, -0.25) is 14.4 Å². The van der Waals surface area contributed by atoms with Crippen molar-refractivity contribution in [3.8, 4) is 5.00 Å². The molecule has 3 heterocycles. The van der Waals surface area contributed by atoms with Crippen molar-refractivity contribution < 1.29 is 14.3 Å². The monoisotopic (exact) mass is 489 g/mol. The first-order chi connectivity index (χ1) is 16.7. The van der Waals surface area contributed by atoms with Gasteiger partial charge in [-0.05, 0) is 62.7 Å². The van der Waals surface area contributed by atoms with E-state index in [4.69, 9.17) is 4.99 Å². The molecule has 0 amide bonds. The number of nitrogens with zero attached hydrogens (tertiary/aromatic N) is 5. The van der Waals surface area contributed by atoms with E-state index in [0.29, 0.717) is 11.6 Å². The first kappa shape index (κ1) is 22.9. The number of hydrogen-bond acceptors (Lipinski definition) is 6. The van der Waals surface area contributed by atoms with Gasteiger partial charge in [0.25, 0.3) is 0 Å². The van der Waals surface area contributed by atoms with Crippen LogP contribution in [-0.4, -0.2) is 38.6 Å². The van der Waals surface area contributed by atoms with E-state index in [1.807, 2.05) is 47.7 Å². The number of carbonyl (C=O) groups is 1. The SMILES string of the molecule is Cc1sc2c(c1C)C(c1ccc(N(C)c3ccc(F)cc3)cc1)=N[C@@H](CC(=O)O)c1nnc(C)n1-2. The van der Waals surface area contributed by atoms with Crippen LogP contribution >= 0.6 is 11.3 Å². The van der Waals surface area contributed by atoms with Crippen molar-refractivity contribution in [1.82, 2.24) is 14.8 Å². The molecule has 0 spiro atoms. The smallest absolute Gasteiger partial charge is 0.306 e. The van der Waals surface area contributed by atoms with Gasteiger partial charge in [0.2, 0.25) is 0 Å². The van der Waals surface area contributed by atoms with Crippen LogP contribution < -0.4 is 4.90 Å². The van der Waals surface area contributed by atoms with Gasteiger partial charge in [0.05, 0.1) is 12.1 Å². The molecule has 35 heavy (non-hydrogen) atoms. The Hall–Kier alpha value is -3.85. The topological polar surface area (TPSA) is 83.6 Å². The lowest BCUT2D eigenvalue weighted by Crippen LogP contribution is -2.11. The molecule has 0 aliphatic carbocycles. The van der Waals surface area contributed by atoms with Gasteiger partial charge in [-0.15, -0.1) is 21.5 Å². The third-order valence-corrected chi connectivity index (χ3v) is 7.54. The minimum Gasteiger partial charge on any atom is -0.481 e. The Morgan fingerprint density at radius 2 is 1.69 bits per heavy atom. The van der Waals surface area contributed by atoms with Crippen molar-refractivity contribution in [3.05, 3.63) is 87.6 Å². The summed E-state index contributed by atoms with van der Waals surface area (Å²) in [7, 11) is 1.92. The normalized spacial score (nSPS) is 14.7. The van der Waals surface area contributed by atoms with Gasteiger partial charge in [0, 0.05) is 34.4 Å². The number of aliphatic imine (C=N–C) groups is 1. The van der Waals surface area contributed by atoms with Crippen molar-refractivity contribution >= 4 is 34.4 Å². The first-order valence-electron chi connectivity index (χ1n) is 11.2. The number of carboxylic acid groups (broad SMARTS) is 1. The van der Waals surface area contributed by atoms with Crippen LogP contribution in [-0.2, 0) is 4.79 Å². The number of rotatable bonds is 5. The number of aryl methyl sites for hydroxylation is 2. The predicted octanol–water partition coefficient (Wildman–Crippen LogP) is 5.53. The van der Waals surface area contributed by atoms with E-state index < -0.39 is 12.0 Å². The highest BCUT2D eigenvalue weighted by molar-refractivity contribution is 7.15. The minimum atomic E-state index is -0.945. The Morgan fingerprint density at radius 3 is 2.31 bits per heavy atom. The Kier molecular flexibility index (Phi) is 5.72. The zero-order valence-electron chi connectivity index (χ0n) is 19.8. The second kappa shape index (κ2) is 8.74. The third kappa shape index (κ3) is 4.01. The molecule has 1 N–H and O–H groups in total. The molecule has 5 rings (SSSR count). The lowest BCUT2D eigenvalue weighted by atomic mass is 9.99. The van der Waals surface area contributed by atoms with E-state index in [-0.39, 0.29) is 12.2 Å². The Bertz CT molecular complexity index is 1450. The average Bonchev–Trinajstić information content (AvgIpc) is 3.31. The van der Waals surface area contributed by atoms with Gasteiger partial charge in [-0.2, -0.15) is 0 Å². The fourth-order valence-electron chi connectivity index (χ4n) is 4.35. The first-order valence-corrected chi connectivity index (χ1v) is 12.0. The molecule has 0 saturated carbocycles. The van der Waals surface area contributed by atoms with E-state index in [9.17, 15) is 14.3 Å². The second-order valence-electron chi connectivity index (χ2n) is 8.58. The van der Waals surface area contributed by atoms with Crippen LogP contribution in [0.5, 0.6) is 0 Å². The third-order valence-electron chi connectivity index (χ3n) is 6.35. The van der Waals surface area contributed by atoms with E-state index in [2.05, 4.69) is 24.0 Å². The Balaban J connectivity index is 1.62. The molecule has 2 aromatic carbocycles. The summed E-state index contributed by atoms with van der Waals surface area (Å²) in [5.74, 6) is 0.0165. The van der Waals surface area contributed by atoms with Gasteiger partial charge in [0.15, 0.2) is 5.82 Å². The number of halogens is 1. The number of fused-ring (bicyclic) bond motifs is 3. The maximum atomic E-state index is 13.3. The largest absolute Gasteiger partial charge is 0.481 e. The summed E-state index contributed by atoms with van der Waals surface area (Å²) < 4.78 is 15.3. The predicted molar refractivity (Wildman–Crippen MR) is 135 cm³/mol. The second-order valence-corrected chi connectivity index (χ2v) is 9.78. The number of benzene rings is 2. The van der Waals surface area contributed by atoms with E-state index >= 15 is 0 Å². The average molecular weight is 490 g/mol. The highest BCUT2D eigenvalue weighted by Crippen LogP contribution is 2.39. The highest BCUT2D eigenvalue weighted by atomic mass is 32.1. The van der Waals surface area contributed by atoms with Crippen molar-refractivity contribution in [2.45, 2.75) is 33.2 Å². The van der Waals surface area contributed by atoms with E-state index in [0.717, 1.165) is 43.7 Å². The van der Waals surface area contributed by atoms with E-state index in [1.54, 1.807) is 23.5 Å². The van der Waals surface area contributed by atoms with Crippen LogP contribution in [0.2, 0.25) is 0 Å². The number of hydrogen-bond donors (Lipinski definition) is 1. The van der Waals surface area contributed by atoms with Gasteiger partial charge in [-0.1, -0.05) is 12.1 Å². The molecule has 0 radical (unpaired) electrons. The lowest BCUT2D eigenvalue weighted by Gasteiger charge is -2.20. The quantitative estimate of drug-likeness (QED) is 0.399. The van der Waals surface area contributed by atoms with Crippen molar-refractivity contribution in [1.29, 1.82) is 0 Å². The Labute approximate surface area is 206 Å². The molecule has 1 aliphatic rings. The lowest BCUT2D eigenvalue weighted by molar-refractivity contribution is -0.137. The summed E-state index contributed by atoms with van der Waals surface area (Å²) in [5.41, 5.74) is 5.51. The molecule has 178 valence electrons. The van der Waals surface area contributed by atoms with Gasteiger partial charge in [-0.25, -0.2) is 4.39 Å². The standard InChI is InChI=1S/C26H24FN5O2S/c1-14-15(2)35-26-23(14)24(28-21(13-22(33)34)25-30-29-16(3)32(25)26)17-5-9-19(10-6-17)31(4)20-11-7-18(27)8-12-20/h5-12,21H,13H2,1-4H3,(H,33,34)/t21-/m0/s1. The summed E-state index contributed by atoms with van der Waals surface area (Å²) in [6.45, 7) is 6.00. The van der Waals surface area contributed by atoms with Crippen LogP contribution in [0.25, 0.3) is 5.00 Å². The molecule has 7 nitrogen and oxygen atoms in total. The van der Waals surface area contributed by atoms with Crippen LogP contribution in [0.15, 0.2) is 53.5 Å². The molecule has 0 bridgehead atoms. The molecule has 9 heteroatoms. The van der Waals surface area contributed by atoms with Crippen molar-refractivity contribution in [2.75, 3.05) is 11.9 Å². The van der Waals surface area contributed by atoms with Crippen LogP contribution in [0.3, 0.4) is 0 Å². The van der Waals surface area contributed by atoms with E-state index in [1.165, 1.54) is 12.1 Å². The number of aliphatic carboxylic acids is 1. The molecule has 2 aromatic heterocycles. The van der Waals surface area contributed by atoms with Crippen LogP contribution in [0.1, 0.15) is 45.7 Å². The molecule has 1 aliphatic heterocycles. The maximum absolute atomic E-state index is 13.3. The Morgan fingerprint density at radius 1 is 1.06 bits per heavy atom. The van der Waals surface area contributed by atoms with Crippen LogP contribution in [0.4, 0.5) is 15.8 Å². The molecular formula is C26H24FN5O2S.